The number of amides is 2. The zero-order valence-electron chi connectivity index (χ0n) is 18.8. The Labute approximate surface area is 193 Å². The second-order valence-corrected chi connectivity index (χ2v) is 7.66. The first-order valence-corrected chi connectivity index (χ1v) is 10.8. The van der Waals surface area contributed by atoms with Gasteiger partial charge in [0.2, 0.25) is 0 Å². The van der Waals surface area contributed by atoms with Gasteiger partial charge in [-0.2, -0.15) is 0 Å². The zero-order valence-corrected chi connectivity index (χ0v) is 18.8. The maximum absolute atomic E-state index is 12.5. The fourth-order valence-electron chi connectivity index (χ4n) is 3.76. The smallest absolute Gasteiger partial charge is 0.324 e. The molecule has 1 fully saturated rings. The molecular weight excluding hydrogens is 420 g/mol. The van der Waals surface area contributed by atoms with Crippen LogP contribution in [0.5, 0.6) is 11.5 Å². The average molecular weight is 449 g/mol. The number of anilines is 3. The van der Waals surface area contributed by atoms with Crippen molar-refractivity contribution in [2.24, 2.45) is 0 Å². The van der Waals surface area contributed by atoms with Gasteiger partial charge in [0.15, 0.2) is 11.5 Å². The maximum atomic E-state index is 12.5. The molecule has 1 aliphatic heterocycles. The van der Waals surface area contributed by atoms with E-state index in [1.807, 2.05) is 6.07 Å². The van der Waals surface area contributed by atoms with Crippen molar-refractivity contribution < 1.29 is 14.3 Å². The van der Waals surface area contributed by atoms with E-state index in [1.54, 1.807) is 38.5 Å². The van der Waals surface area contributed by atoms with Gasteiger partial charge in [-0.25, -0.2) is 14.8 Å². The molecular formula is C24H28N6O3. The largest absolute Gasteiger partial charge is 0.493 e. The quantitative estimate of drug-likeness (QED) is 0.572. The number of hydrogen-bond donors (Lipinski definition) is 2. The van der Waals surface area contributed by atoms with Gasteiger partial charge in [0, 0.05) is 50.5 Å². The van der Waals surface area contributed by atoms with E-state index in [2.05, 4.69) is 54.7 Å². The first-order chi connectivity index (χ1) is 16.1. The van der Waals surface area contributed by atoms with Crippen molar-refractivity contribution in [3.8, 4) is 11.5 Å². The van der Waals surface area contributed by atoms with Gasteiger partial charge in [-0.05, 0) is 17.7 Å². The van der Waals surface area contributed by atoms with Crippen LogP contribution in [0.2, 0.25) is 0 Å². The highest BCUT2D eigenvalue weighted by Crippen LogP contribution is 2.29. The molecule has 0 unspecified atom stereocenters. The third-order valence-corrected chi connectivity index (χ3v) is 5.48. The third-order valence-electron chi connectivity index (χ3n) is 5.48. The minimum absolute atomic E-state index is 0.403. The number of urea groups is 1. The highest BCUT2D eigenvalue weighted by atomic mass is 16.5. The molecule has 4 rings (SSSR count). The average Bonchev–Trinajstić information content (AvgIpc) is 2.85. The summed E-state index contributed by atoms with van der Waals surface area (Å²) in [6, 6.07) is 17.0. The lowest BCUT2D eigenvalue weighted by Crippen LogP contribution is -2.46. The third kappa shape index (κ3) is 5.89. The van der Waals surface area contributed by atoms with E-state index >= 15 is 0 Å². The molecule has 172 valence electrons. The molecule has 2 heterocycles. The first-order valence-electron chi connectivity index (χ1n) is 10.8. The number of carbonyl (C=O) groups is 1. The summed E-state index contributed by atoms with van der Waals surface area (Å²) in [5, 5.41) is 5.55. The molecule has 2 aromatic carbocycles. The SMILES string of the molecule is COc1ccc(NC(=O)Nc2cc(N3CCN(Cc4ccccc4)CC3)ncn2)cc1OC. The summed E-state index contributed by atoms with van der Waals surface area (Å²) in [5.41, 5.74) is 1.90. The number of methoxy groups -OCH3 is 2. The van der Waals surface area contributed by atoms with Crippen LogP contribution in [0.1, 0.15) is 5.56 Å². The number of aromatic nitrogens is 2. The highest BCUT2D eigenvalue weighted by molar-refractivity contribution is 5.99. The molecule has 0 aliphatic carbocycles. The van der Waals surface area contributed by atoms with Crippen molar-refractivity contribution in [1.82, 2.24) is 14.9 Å². The van der Waals surface area contributed by atoms with Crippen LogP contribution in [0, 0.1) is 0 Å². The van der Waals surface area contributed by atoms with Crippen LogP contribution >= 0.6 is 0 Å². The van der Waals surface area contributed by atoms with E-state index in [9.17, 15) is 4.79 Å². The van der Waals surface area contributed by atoms with E-state index in [1.165, 1.54) is 11.9 Å². The molecule has 9 nitrogen and oxygen atoms in total. The number of ether oxygens (including phenoxy) is 2. The van der Waals surface area contributed by atoms with Crippen LogP contribution in [0.15, 0.2) is 60.9 Å². The molecule has 0 radical (unpaired) electrons. The fourth-order valence-corrected chi connectivity index (χ4v) is 3.76. The van der Waals surface area contributed by atoms with E-state index in [-0.39, 0.29) is 0 Å². The Kier molecular flexibility index (Phi) is 7.21. The van der Waals surface area contributed by atoms with Crippen molar-refractivity contribution in [2.75, 3.05) is 55.9 Å². The van der Waals surface area contributed by atoms with Gasteiger partial charge in [-0.3, -0.25) is 10.2 Å². The minimum atomic E-state index is -0.403. The van der Waals surface area contributed by atoms with Crippen molar-refractivity contribution in [1.29, 1.82) is 0 Å². The monoisotopic (exact) mass is 448 g/mol. The molecule has 2 amide bonds. The number of carbonyl (C=O) groups excluding carboxylic acids is 1. The summed E-state index contributed by atoms with van der Waals surface area (Å²) in [5.74, 6) is 2.36. The Morgan fingerprint density at radius 1 is 0.909 bits per heavy atom. The molecule has 0 saturated carbocycles. The summed E-state index contributed by atoms with van der Waals surface area (Å²) in [6.07, 6.45) is 1.47. The van der Waals surface area contributed by atoms with Crippen LogP contribution in [0.25, 0.3) is 0 Å². The first kappa shape index (κ1) is 22.3. The topological polar surface area (TPSA) is 91.9 Å². The Bertz CT molecular complexity index is 1070. The van der Waals surface area contributed by atoms with Gasteiger partial charge in [0.1, 0.15) is 18.0 Å². The summed E-state index contributed by atoms with van der Waals surface area (Å²) >= 11 is 0. The van der Waals surface area contributed by atoms with E-state index in [0.29, 0.717) is 23.0 Å². The van der Waals surface area contributed by atoms with Crippen LogP contribution < -0.4 is 25.0 Å². The molecule has 2 N–H and O–H groups in total. The molecule has 9 heteroatoms. The van der Waals surface area contributed by atoms with Gasteiger partial charge in [-0.1, -0.05) is 30.3 Å². The van der Waals surface area contributed by atoms with Gasteiger partial charge in [0.25, 0.3) is 0 Å². The number of benzene rings is 2. The van der Waals surface area contributed by atoms with E-state index in [4.69, 9.17) is 9.47 Å². The number of nitrogens with zero attached hydrogens (tertiary/aromatic N) is 4. The second-order valence-electron chi connectivity index (χ2n) is 7.66. The summed E-state index contributed by atoms with van der Waals surface area (Å²) in [6.45, 7) is 4.56. The summed E-state index contributed by atoms with van der Waals surface area (Å²) < 4.78 is 10.5. The predicted octanol–water partition coefficient (Wildman–Crippen LogP) is 3.46. The van der Waals surface area contributed by atoms with Gasteiger partial charge in [-0.15, -0.1) is 0 Å². The molecule has 1 saturated heterocycles. The molecule has 33 heavy (non-hydrogen) atoms. The normalized spacial score (nSPS) is 13.9. The van der Waals surface area contributed by atoms with Gasteiger partial charge >= 0.3 is 6.03 Å². The lowest BCUT2D eigenvalue weighted by Gasteiger charge is -2.35. The highest BCUT2D eigenvalue weighted by Gasteiger charge is 2.19. The summed E-state index contributed by atoms with van der Waals surface area (Å²) in [7, 11) is 3.11. The van der Waals surface area contributed by atoms with Crippen LogP contribution in [0.3, 0.4) is 0 Å². The second kappa shape index (κ2) is 10.6. The Morgan fingerprint density at radius 2 is 1.67 bits per heavy atom. The zero-order chi connectivity index (χ0) is 23.0. The lowest BCUT2D eigenvalue weighted by atomic mass is 10.2. The molecule has 1 aromatic heterocycles. The minimum Gasteiger partial charge on any atom is -0.493 e. The number of nitrogens with one attached hydrogen (secondary N) is 2. The Hall–Kier alpha value is -3.85. The fraction of sp³-hybridized carbons (Fsp3) is 0.292. The molecule has 3 aromatic rings. The van der Waals surface area contributed by atoms with E-state index in [0.717, 1.165) is 38.5 Å². The number of hydrogen-bond acceptors (Lipinski definition) is 7. The van der Waals surface area contributed by atoms with Gasteiger partial charge < -0.3 is 19.7 Å². The van der Waals surface area contributed by atoms with E-state index < -0.39 is 6.03 Å². The van der Waals surface area contributed by atoms with Crippen molar-refractivity contribution in [3.05, 3.63) is 66.5 Å². The Balaban J connectivity index is 1.32. The number of piperazine rings is 1. The van der Waals surface area contributed by atoms with Gasteiger partial charge in [0.05, 0.1) is 14.2 Å². The van der Waals surface area contributed by atoms with Crippen molar-refractivity contribution >= 4 is 23.4 Å². The molecule has 0 spiro atoms. The molecule has 0 atom stereocenters. The maximum Gasteiger partial charge on any atom is 0.324 e. The van der Waals surface area contributed by atoms with Crippen molar-refractivity contribution in [2.45, 2.75) is 6.54 Å². The van der Waals surface area contributed by atoms with Crippen molar-refractivity contribution in [3.63, 3.8) is 0 Å². The van der Waals surface area contributed by atoms with Crippen LogP contribution in [0.4, 0.5) is 22.1 Å². The Morgan fingerprint density at radius 3 is 2.39 bits per heavy atom. The number of rotatable bonds is 7. The molecule has 0 bridgehead atoms. The molecule has 1 aliphatic rings. The predicted molar refractivity (Wildman–Crippen MR) is 128 cm³/mol. The lowest BCUT2D eigenvalue weighted by molar-refractivity contribution is 0.249. The summed E-state index contributed by atoms with van der Waals surface area (Å²) in [4.78, 5) is 25.7. The standard InChI is InChI=1S/C24H28N6O3/c1-32-20-9-8-19(14-21(20)33-2)27-24(31)28-22-15-23(26-17-25-22)30-12-10-29(11-13-30)16-18-6-4-3-5-7-18/h3-9,14-15,17H,10-13,16H2,1-2H3,(H2,25,26,27,28,31). The van der Waals surface area contributed by atoms with Crippen LogP contribution in [-0.2, 0) is 6.54 Å². The van der Waals surface area contributed by atoms with Crippen LogP contribution in [-0.4, -0.2) is 61.3 Å².